The van der Waals surface area contributed by atoms with E-state index in [1.54, 1.807) is 6.92 Å². The molecule has 1 aromatic rings. The Morgan fingerprint density at radius 2 is 1.73 bits per heavy atom. The second kappa shape index (κ2) is 10.2. The van der Waals surface area contributed by atoms with E-state index in [4.69, 9.17) is 9.47 Å². The van der Waals surface area contributed by atoms with Gasteiger partial charge in [-0.2, -0.15) is 0 Å². The third kappa shape index (κ3) is 7.11. The lowest BCUT2D eigenvalue weighted by Gasteiger charge is -2.13. The van der Waals surface area contributed by atoms with E-state index in [1.165, 1.54) is 31.4 Å². The minimum atomic E-state index is -3.71. The van der Waals surface area contributed by atoms with Crippen LogP contribution in [0, 0.1) is 0 Å². The minimum absolute atomic E-state index is 0.00121. The molecule has 0 fully saturated rings. The highest BCUT2D eigenvalue weighted by Gasteiger charge is 2.18. The molecule has 9 heteroatoms. The van der Waals surface area contributed by atoms with Crippen LogP contribution in [0.25, 0.3) is 0 Å². The van der Waals surface area contributed by atoms with Gasteiger partial charge in [-0.15, -0.1) is 0 Å². The van der Waals surface area contributed by atoms with E-state index in [9.17, 15) is 18.0 Å². The van der Waals surface area contributed by atoms with E-state index in [1.807, 2.05) is 13.8 Å². The van der Waals surface area contributed by atoms with Gasteiger partial charge in [-0.3, -0.25) is 4.79 Å². The number of carbonyl (C=O) groups is 2. The number of benzene rings is 1. The van der Waals surface area contributed by atoms with Crippen LogP contribution in [-0.4, -0.2) is 52.7 Å². The van der Waals surface area contributed by atoms with Crippen molar-refractivity contribution in [3.8, 4) is 0 Å². The SMILES string of the molecule is CC[C@@H](C)NC(=O)COC(=O)c1ccc(S(=O)(=O)N[C@H](C)COC)cc1. The Balaban J connectivity index is 2.66. The number of hydrogen-bond acceptors (Lipinski definition) is 6. The van der Waals surface area contributed by atoms with Crippen LogP contribution in [0.1, 0.15) is 37.6 Å². The molecule has 0 aliphatic rings. The average molecular weight is 386 g/mol. The van der Waals surface area contributed by atoms with E-state index in [0.717, 1.165) is 6.42 Å². The normalized spacial score (nSPS) is 13.7. The molecule has 0 spiro atoms. The second-order valence-corrected chi connectivity index (χ2v) is 7.67. The van der Waals surface area contributed by atoms with Gasteiger partial charge in [0.1, 0.15) is 0 Å². The molecule has 146 valence electrons. The van der Waals surface area contributed by atoms with Crippen molar-refractivity contribution in [2.75, 3.05) is 20.3 Å². The summed E-state index contributed by atoms with van der Waals surface area (Å²) >= 11 is 0. The lowest BCUT2D eigenvalue weighted by molar-refractivity contribution is -0.124. The summed E-state index contributed by atoms with van der Waals surface area (Å²) in [4.78, 5) is 23.6. The molecule has 0 bridgehead atoms. The minimum Gasteiger partial charge on any atom is -0.452 e. The summed E-state index contributed by atoms with van der Waals surface area (Å²) in [5.74, 6) is -1.09. The van der Waals surface area contributed by atoms with Crippen LogP contribution in [-0.2, 0) is 24.3 Å². The summed E-state index contributed by atoms with van der Waals surface area (Å²) in [7, 11) is -2.23. The van der Waals surface area contributed by atoms with Crippen LogP contribution in [0.3, 0.4) is 0 Å². The van der Waals surface area contributed by atoms with E-state index in [0.29, 0.717) is 0 Å². The van der Waals surface area contributed by atoms with Crippen LogP contribution in [0.2, 0.25) is 0 Å². The molecule has 1 aromatic carbocycles. The Labute approximate surface area is 154 Å². The first-order valence-electron chi connectivity index (χ1n) is 8.27. The number of amides is 1. The number of rotatable bonds is 10. The molecule has 0 aromatic heterocycles. The molecule has 0 unspecified atom stereocenters. The molecule has 0 aliphatic heterocycles. The molecule has 2 N–H and O–H groups in total. The van der Waals surface area contributed by atoms with Gasteiger partial charge in [0.25, 0.3) is 5.91 Å². The van der Waals surface area contributed by atoms with Crippen molar-refractivity contribution in [2.45, 2.75) is 44.2 Å². The number of hydrogen-bond donors (Lipinski definition) is 2. The lowest BCUT2D eigenvalue weighted by Crippen LogP contribution is -2.35. The zero-order valence-electron chi connectivity index (χ0n) is 15.4. The number of methoxy groups -OCH3 is 1. The highest BCUT2D eigenvalue weighted by molar-refractivity contribution is 7.89. The largest absolute Gasteiger partial charge is 0.452 e. The maximum Gasteiger partial charge on any atom is 0.338 e. The van der Waals surface area contributed by atoms with Crippen LogP contribution in [0.5, 0.6) is 0 Å². The zero-order chi connectivity index (χ0) is 19.7. The number of nitrogens with one attached hydrogen (secondary N) is 2. The van der Waals surface area contributed by atoms with Crippen LogP contribution >= 0.6 is 0 Å². The maximum absolute atomic E-state index is 12.2. The van der Waals surface area contributed by atoms with E-state index in [2.05, 4.69) is 10.0 Å². The van der Waals surface area contributed by atoms with Gasteiger partial charge in [-0.05, 0) is 44.5 Å². The van der Waals surface area contributed by atoms with Gasteiger partial charge in [0.05, 0.1) is 17.1 Å². The first kappa shape index (κ1) is 22.1. The van der Waals surface area contributed by atoms with Crippen molar-refractivity contribution in [1.82, 2.24) is 10.0 Å². The van der Waals surface area contributed by atoms with Crippen molar-refractivity contribution in [1.29, 1.82) is 0 Å². The molecular weight excluding hydrogens is 360 g/mol. The summed E-state index contributed by atoms with van der Waals surface area (Å²) in [6.07, 6.45) is 0.770. The van der Waals surface area contributed by atoms with Crippen molar-refractivity contribution >= 4 is 21.9 Å². The second-order valence-electron chi connectivity index (χ2n) is 5.95. The fraction of sp³-hybridized carbons (Fsp3) is 0.529. The molecular formula is C17H26N2O6S. The molecule has 0 radical (unpaired) electrons. The predicted octanol–water partition coefficient (Wildman–Crippen LogP) is 1.07. The van der Waals surface area contributed by atoms with Gasteiger partial charge in [-0.25, -0.2) is 17.9 Å². The number of carbonyl (C=O) groups excluding carboxylic acids is 2. The fourth-order valence-corrected chi connectivity index (χ4v) is 3.25. The molecule has 0 saturated heterocycles. The van der Waals surface area contributed by atoms with E-state index in [-0.39, 0.29) is 35.6 Å². The van der Waals surface area contributed by atoms with Gasteiger partial charge in [0.2, 0.25) is 10.0 Å². The monoisotopic (exact) mass is 386 g/mol. The predicted molar refractivity (Wildman–Crippen MR) is 96.3 cm³/mol. The Morgan fingerprint density at radius 1 is 1.12 bits per heavy atom. The summed E-state index contributed by atoms with van der Waals surface area (Å²) in [6, 6.07) is 4.89. The quantitative estimate of drug-likeness (QED) is 0.582. The maximum atomic E-state index is 12.2. The Bertz CT molecular complexity index is 702. The summed E-state index contributed by atoms with van der Waals surface area (Å²) < 4.78 is 36.7. The third-order valence-electron chi connectivity index (χ3n) is 3.53. The average Bonchev–Trinajstić information content (AvgIpc) is 2.59. The van der Waals surface area contributed by atoms with E-state index < -0.39 is 22.0 Å². The molecule has 0 saturated carbocycles. The van der Waals surface area contributed by atoms with Crippen molar-refractivity contribution in [3.05, 3.63) is 29.8 Å². The van der Waals surface area contributed by atoms with Crippen molar-refractivity contribution in [2.24, 2.45) is 0 Å². The standard InChI is InChI=1S/C17H26N2O6S/c1-5-12(2)18-16(20)11-25-17(21)14-6-8-15(9-7-14)26(22,23)19-13(3)10-24-4/h6-9,12-13,19H,5,10-11H2,1-4H3,(H,18,20)/t12-,13-/m1/s1. The van der Waals surface area contributed by atoms with Crippen LogP contribution < -0.4 is 10.0 Å². The lowest BCUT2D eigenvalue weighted by atomic mass is 10.2. The fourth-order valence-electron chi connectivity index (χ4n) is 2.02. The van der Waals surface area contributed by atoms with Gasteiger partial charge < -0.3 is 14.8 Å². The highest BCUT2D eigenvalue weighted by atomic mass is 32.2. The smallest absolute Gasteiger partial charge is 0.338 e. The van der Waals surface area contributed by atoms with Crippen molar-refractivity contribution < 1.29 is 27.5 Å². The molecule has 0 aliphatic carbocycles. The summed E-state index contributed by atoms with van der Waals surface area (Å²) in [6.45, 7) is 5.30. The van der Waals surface area contributed by atoms with Gasteiger partial charge in [0.15, 0.2) is 6.61 Å². The number of sulfonamides is 1. The van der Waals surface area contributed by atoms with Gasteiger partial charge in [0, 0.05) is 19.2 Å². The van der Waals surface area contributed by atoms with Crippen LogP contribution in [0.15, 0.2) is 29.2 Å². The summed E-state index contributed by atoms with van der Waals surface area (Å²) in [5.41, 5.74) is 0.158. The summed E-state index contributed by atoms with van der Waals surface area (Å²) in [5, 5.41) is 2.68. The van der Waals surface area contributed by atoms with Crippen LogP contribution in [0.4, 0.5) is 0 Å². The van der Waals surface area contributed by atoms with Gasteiger partial charge >= 0.3 is 5.97 Å². The topological polar surface area (TPSA) is 111 Å². The Hall–Kier alpha value is -1.97. The molecule has 1 rings (SSSR count). The molecule has 1 amide bonds. The number of esters is 1. The molecule has 2 atom stereocenters. The van der Waals surface area contributed by atoms with E-state index >= 15 is 0 Å². The first-order chi connectivity index (χ1) is 12.2. The number of ether oxygens (including phenoxy) is 2. The highest BCUT2D eigenvalue weighted by Crippen LogP contribution is 2.12. The Kier molecular flexibility index (Phi) is 8.70. The molecule has 0 heterocycles. The molecule has 8 nitrogen and oxygen atoms in total. The molecule has 26 heavy (non-hydrogen) atoms. The first-order valence-corrected chi connectivity index (χ1v) is 9.75. The van der Waals surface area contributed by atoms with Crippen molar-refractivity contribution in [3.63, 3.8) is 0 Å². The Morgan fingerprint density at radius 3 is 2.27 bits per heavy atom. The zero-order valence-corrected chi connectivity index (χ0v) is 16.3. The third-order valence-corrected chi connectivity index (χ3v) is 5.13. The van der Waals surface area contributed by atoms with Gasteiger partial charge in [-0.1, -0.05) is 6.92 Å².